The van der Waals surface area contributed by atoms with Crippen molar-refractivity contribution in [2.75, 3.05) is 19.8 Å². The van der Waals surface area contributed by atoms with Crippen molar-refractivity contribution >= 4 is 17.7 Å². The Morgan fingerprint density at radius 1 is 1.28 bits per heavy atom. The molecule has 0 aromatic carbocycles. The number of rotatable bonds is 6. The topological polar surface area (TPSA) is 41.1 Å². The molecule has 0 bridgehead atoms. The average Bonchev–Trinajstić information content (AvgIpc) is 2.38. The van der Waals surface area contributed by atoms with Gasteiger partial charge in [-0.25, -0.2) is 0 Å². The predicted octanol–water partition coefficient (Wildman–Crippen LogP) is 2.56. The van der Waals surface area contributed by atoms with Crippen LogP contribution in [-0.4, -0.2) is 36.0 Å². The maximum absolute atomic E-state index is 12.1. The molecule has 0 heterocycles. The Labute approximate surface area is 116 Å². The summed E-state index contributed by atoms with van der Waals surface area (Å²) in [6, 6.07) is 0. The maximum atomic E-state index is 12.1. The summed E-state index contributed by atoms with van der Waals surface area (Å²) in [5.74, 6) is 0.188. The number of hydrogen-bond donors (Lipinski definition) is 2. The minimum absolute atomic E-state index is 0.0475. The van der Waals surface area contributed by atoms with Crippen LogP contribution in [0.1, 0.15) is 52.4 Å². The first-order valence-corrected chi connectivity index (χ1v) is 8.16. The molecule has 106 valence electrons. The lowest BCUT2D eigenvalue weighted by atomic mass is 9.79. The molecule has 0 spiro atoms. The van der Waals surface area contributed by atoms with Crippen molar-refractivity contribution in [1.29, 1.82) is 0 Å². The van der Waals surface area contributed by atoms with E-state index in [1.165, 1.54) is 19.3 Å². The average molecular weight is 272 g/mol. The van der Waals surface area contributed by atoms with E-state index in [0.29, 0.717) is 6.42 Å². The first-order valence-electron chi connectivity index (χ1n) is 6.94. The van der Waals surface area contributed by atoms with Crippen LogP contribution in [-0.2, 0) is 4.79 Å². The van der Waals surface area contributed by atoms with E-state index in [4.69, 9.17) is 0 Å². The highest BCUT2D eigenvalue weighted by atomic mass is 32.2. The third-order valence-corrected chi connectivity index (χ3v) is 5.35. The van der Waals surface area contributed by atoms with Crippen LogP contribution in [0.3, 0.4) is 0 Å². The summed E-state index contributed by atoms with van der Waals surface area (Å²) >= 11 is 1.79. The van der Waals surface area contributed by atoms with Gasteiger partial charge in [-0.05, 0) is 40.0 Å². The lowest BCUT2D eigenvalue weighted by molar-refractivity contribution is -0.123. The van der Waals surface area contributed by atoms with Gasteiger partial charge in [0.2, 0.25) is 5.91 Å². The quantitative estimate of drug-likeness (QED) is 0.781. The molecule has 1 amide bonds. The molecule has 1 aliphatic rings. The molecule has 1 aliphatic carbocycles. The molecule has 18 heavy (non-hydrogen) atoms. The van der Waals surface area contributed by atoms with Crippen LogP contribution in [0.15, 0.2) is 0 Å². The third kappa shape index (κ3) is 4.81. The van der Waals surface area contributed by atoms with E-state index < -0.39 is 0 Å². The van der Waals surface area contributed by atoms with E-state index in [2.05, 4.69) is 30.7 Å². The Kier molecular flexibility index (Phi) is 5.99. The van der Waals surface area contributed by atoms with Crippen LogP contribution in [0.2, 0.25) is 0 Å². The van der Waals surface area contributed by atoms with Crippen molar-refractivity contribution in [3.8, 4) is 0 Å². The summed E-state index contributed by atoms with van der Waals surface area (Å²) in [6.45, 7) is 5.06. The number of thioether (sulfide) groups is 1. The van der Waals surface area contributed by atoms with Gasteiger partial charge in [0.1, 0.15) is 0 Å². The molecule has 0 radical (unpaired) electrons. The fourth-order valence-electron chi connectivity index (χ4n) is 2.50. The van der Waals surface area contributed by atoms with Crippen molar-refractivity contribution in [2.45, 2.75) is 62.7 Å². The van der Waals surface area contributed by atoms with E-state index in [1.807, 2.05) is 7.05 Å². The molecule has 0 atom stereocenters. The molecule has 0 aliphatic heterocycles. The predicted molar refractivity (Wildman–Crippen MR) is 80.1 cm³/mol. The van der Waals surface area contributed by atoms with Crippen LogP contribution in [0.25, 0.3) is 0 Å². The maximum Gasteiger partial charge on any atom is 0.221 e. The molecular weight excluding hydrogens is 244 g/mol. The molecular formula is C14H28N2OS. The number of hydrogen-bond acceptors (Lipinski definition) is 3. The normalized spacial score (nSPS) is 19.6. The Hall–Kier alpha value is -0.220. The van der Waals surface area contributed by atoms with Crippen molar-refractivity contribution in [1.82, 2.24) is 10.6 Å². The lowest BCUT2D eigenvalue weighted by Crippen LogP contribution is -2.49. The Bertz CT molecular complexity index is 273. The highest BCUT2D eigenvalue weighted by Crippen LogP contribution is 2.30. The molecule has 0 aromatic heterocycles. The molecule has 1 rings (SSSR count). The van der Waals surface area contributed by atoms with Gasteiger partial charge in [-0.3, -0.25) is 4.79 Å². The summed E-state index contributed by atoms with van der Waals surface area (Å²) in [7, 11) is 1.99. The van der Waals surface area contributed by atoms with Crippen molar-refractivity contribution in [2.24, 2.45) is 0 Å². The summed E-state index contributed by atoms with van der Waals surface area (Å²) in [5.41, 5.74) is 0.0475. The smallest absolute Gasteiger partial charge is 0.221 e. The number of carbonyl (C=O) groups excluding carboxylic acids is 1. The van der Waals surface area contributed by atoms with Gasteiger partial charge in [0.25, 0.3) is 0 Å². The van der Waals surface area contributed by atoms with E-state index in [9.17, 15) is 4.79 Å². The number of carbonyl (C=O) groups is 1. The first-order chi connectivity index (χ1) is 8.43. The van der Waals surface area contributed by atoms with Gasteiger partial charge in [0.15, 0.2) is 0 Å². The highest BCUT2D eigenvalue weighted by molar-refractivity contribution is 7.99. The largest absolute Gasteiger partial charge is 0.355 e. The molecule has 0 unspecified atom stereocenters. The van der Waals surface area contributed by atoms with E-state index in [1.54, 1.807) is 11.8 Å². The van der Waals surface area contributed by atoms with Crippen molar-refractivity contribution in [3.63, 3.8) is 0 Å². The van der Waals surface area contributed by atoms with Gasteiger partial charge in [0, 0.05) is 23.3 Å². The van der Waals surface area contributed by atoms with Gasteiger partial charge in [0.05, 0.1) is 0 Å². The number of nitrogens with one attached hydrogen (secondary N) is 2. The monoisotopic (exact) mass is 272 g/mol. The summed E-state index contributed by atoms with van der Waals surface area (Å²) in [4.78, 5) is 12.1. The molecule has 1 fully saturated rings. The van der Waals surface area contributed by atoms with Gasteiger partial charge in [-0.15, -0.1) is 0 Å². The van der Waals surface area contributed by atoms with E-state index >= 15 is 0 Å². The van der Waals surface area contributed by atoms with E-state index in [0.717, 1.165) is 19.4 Å². The minimum atomic E-state index is 0.0475. The minimum Gasteiger partial charge on any atom is -0.355 e. The lowest BCUT2D eigenvalue weighted by Gasteiger charge is -2.37. The zero-order valence-electron chi connectivity index (χ0n) is 12.3. The summed E-state index contributed by atoms with van der Waals surface area (Å²) in [6.07, 6.45) is 8.75. The number of amides is 1. The fourth-order valence-corrected chi connectivity index (χ4v) is 2.71. The third-order valence-electron chi connectivity index (χ3n) is 4.10. The van der Waals surface area contributed by atoms with Gasteiger partial charge < -0.3 is 10.6 Å². The molecule has 4 heteroatoms. The van der Waals surface area contributed by atoms with Crippen molar-refractivity contribution < 1.29 is 4.79 Å². The SMILES string of the molecule is CNC1(CC(=O)NCC(C)(C)SC)CCCCC1. The van der Waals surface area contributed by atoms with Crippen LogP contribution >= 0.6 is 11.8 Å². The molecule has 0 aromatic rings. The zero-order valence-corrected chi connectivity index (χ0v) is 13.1. The summed E-state index contributed by atoms with van der Waals surface area (Å²) < 4.78 is 0.120. The molecule has 3 nitrogen and oxygen atoms in total. The Morgan fingerprint density at radius 2 is 1.89 bits per heavy atom. The fraction of sp³-hybridized carbons (Fsp3) is 0.929. The van der Waals surface area contributed by atoms with Gasteiger partial charge >= 0.3 is 0 Å². The van der Waals surface area contributed by atoms with Crippen LogP contribution in [0, 0.1) is 0 Å². The molecule has 1 saturated carbocycles. The van der Waals surface area contributed by atoms with Crippen molar-refractivity contribution in [3.05, 3.63) is 0 Å². The van der Waals surface area contributed by atoms with Gasteiger partial charge in [-0.1, -0.05) is 19.3 Å². The zero-order chi connectivity index (χ0) is 13.6. The van der Waals surface area contributed by atoms with Crippen LogP contribution in [0.5, 0.6) is 0 Å². The molecule has 2 N–H and O–H groups in total. The van der Waals surface area contributed by atoms with Crippen LogP contribution < -0.4 is 10.6 Å². The Balaban J connectivity index is 2.42. The molecule has 0 saturated heterocycles. The first kappa shape index (κ1) is 15.8. The Morgan fingerprint density at radius 3 is 2.39 bits per heavy atom. The second-order valence-corrected chi connectivity index (χ2v) is 7.52. The van der Waals surface area contributed by atoms with Gasteiger partial charge in [-0.2, -0.15) is 11.8 Å². The second-order valence-electron chi connectivity index (χ2n) is 6.01. The highest BCUT2D eigenvalue weighted by Gasteiger charge is 2.32. The van der Waals surface area contributed by atoms with E-state index in [-0.39, 0.29) is 16.2 Å². The standard InChI is InChI=1S/C14H28N2OS/c1-13(2,18-4)11-16-12(17)10-14(15-3)8-6-5-7-9-14/h15H,5-11H2,1-4H3,(H,16,17). The second kappa shape index (κ2) is 6.80. The summed E-state index contributed by atoms with van der Waals surface area (Å²) in [5, 5.41) is 6.47. The van der Waals surface area contributed by atoms with Crippen LogP contribution in [0.4, 0.5) is 0 Å².